The normalized spacial score (nSPS) is 14.6. The van der Waals surface area contributed by atoms with Crippen molar-refractivity contribution in [2.24, 2.45) is 4.99 Å². The van der Waals surface area contributed by atoms with E-state index in [4.69, 9.17) is 0 Å². The Bertz CT molecular complexity index is 550. The van der Waals surface area contributed by atoms with E-state index in [1.807, 2.05) is 51.1 Å². The van der Waals surface area contributed by atoms with Crippen molar-refractivity contribution in [1.29, 1.82) is 0 Å². The fourth-order valence-corrected chi connectivity index (χ4v) is 2.21. The van der Waals surface area contributed by atoms with Crippen LogP contribution < -0.4 is 16.0 Å². The van der Waals surface area contributed by atoms with E-state index < -0.39 is 5.60 Å². The largest absolute Gasteiger partial charge is 0.384 e. The second-order valence-electron chi connectivity index (χ2n) is 6.39. The molecule has 0 saturated carbocycles. The molecule has 0 spiro atoms. The molecule has 0 saturated heterocycles. The van der Waals surface area contributed by atoms with Crippen molar-refractivity contribution in [3.8, 4) is 0 Å². The Morgan fingerprint density at radius 2 is 1.88 bits per heavy atom. The summed E-state index contributed by atoms with van der Waals surface area (Å²) in [6.07, 6.45) is 1.29. The van der Waals surface area contributed by atoms with Gasteiger partial charge in [0.2, 0.25) is 5.91 Å². The topological polar surface area (TPSA) is 85.8 Å². The molecule has 148 valence electrons. The predicted molar refractivity (Wildman–Crippen MR) is 118 cm³/mol. The predicted octanol–water partition coefficient (Wildman–Crippen LogP) is 2.37. The number of guanidine groups is 1. The lowest BCUT2D eigenvalue weighted by atomic mass is 9.96. The van der Waals surface area contributed by atoms with Gasteiger partial charge in [-0.1, -0.05) is 37.3 Å². The number of nitrogens with zero attached hydrogens (tertiary/aromatic N) is 1. The highest BCUT2D eigenvalue weighted by atomic mass is 127. The quantitative estimate of drug-likeness (QED) is 0.251. The van der Waals surface area contributed by atoms with Crippen molar-refractivity contribution in [1.82, 2.24) is 16.0 Å². The number of benzene rings is 1. The molecule has 1 aromatic rings. The number of rotatable bonds is 9. The Labute approximate surface area is 174 Å². The third-order valence-electron chi connectivity index (χ3n) is 3.95. The molecule has 0 bridgehead atoms. The Kier molecular flexibility index (Phi) is 12.2. The molecule has 2 atom stereocenters. The zero-order valence-electron chi connectivity index (χ0n) is 16.2. The molecular formula is C19H33IN4O2. The fraction of sp³-hybridized carbons (Fsp3) is 0.579. The highest BCUT2D eigenvalue weighted by Crippen LogP contribution is 2.20. The maximum atomic E-state index is 11.8. The minimum absolute atomic E-state index is 0. The van der Waals surface area contributed by atoms with E-state index >= 15 is 0 Å². The van der Waals surface area contributed by atoms with Crippen LogP contribution in [0.4, 0.5) is 0 Å². The van der Waals surface area contributed by atoms with Crippen molar-refractivity contribution < 1.29 is 9.90 Å². The maximum absolute atomic E-state index is 11.8. The molecule has 0 heterocycles. The van der Waals surface area contributed by atoms with Crippen LogP contribution in [0.25, 0.3) is 0 Å². The Balaban J connectivity index is 0.00000625. The SMILES string of the molecule is CCNC(=NCC(C)(O)c1ccccc1)NCCC(=O)NC(C)CC.I. The number of nitrogens with one attached hydrogen (secondary N) is 3. The molecule has 1 aromatic carbocycles. The van der Waals surface area contributed by atoms with E-state index in [0.717, 1.165) is 12.0 Å². The third-order valence-corrected chi connectivity index (χ3v) is 3.95. The standard InChI is InChI=1S/C19H32N4O2.HI/c1-5-15(3)23-17(24)12-13-21-18(20-6-2)22-14-19(4,25)16-10-8-7-9-11-16;/h7-11,15,25H,5-6,12-14H2,1-4H3,(H,23,24)(H2,20,21,22);1H. The third kappa shape index (κ3) is 9.38. The summed E-state index contributed by atoms with van der Waals surface area (Å²) in [4.78, 5) is 16.3. The first-order valence-electron chi connectivity index (χ1n) is 8.98. The minimum Gasteiger partial charge on any atom is -0.384 e. The van der Waals surface area contributed by atoms with Gasteiger partial charge in [-0.25, -0.2) is 4.99 Å². The first-order valence-corrected chi connectivity index (χ1v) is 8.98. The van der Waals surface area contributed by atoms with Crippen LogP contribution in [0.5, 0.6) is 0 Å². The highest BCUT2D eigenvalue weighted by Gasteiger charge is 2.22. The smallest absolute Gasteiger partial charge is 0.221 e. The van der Waals surface area contributed by atoms with Crippen molar-refractivity contribution >= 4 is 35.8 Å². The Hall–Kier alpha value is -1.35. The lowest BCUT2D eigenvalue weighted by Crippen LogP contribution is -2.41. The lowest BCUT2D eigenvalue weighted by Gasteiger charge is -2.22. The zero-order valence-corrected chi connectivity index (χ0v) is 18.5. The van der Waals surface area contributed by atoms with E-state index in [0.29, 0.717) is 25.5 Å². The van der Waals surface area contributed by atoms with Gasteiger partial charge in [0.05, 0.1) is 6.54 Å². The van der Waals surface area contributed by atoms with E-state index in [1.54, 1.807) is 6.92 Å². The van der Waals surface area contributed by atoms with Crippen molar-refractivity contribution in [2.75, 3.05) is 19.6 Å². The molecule has 2 unspecified atom stereocenters. The molecular weight excluding hydrogens is 443 g/mol. The summed E-state index contributed by atoms with van der Waals surface area (Å²) in [5.41, 5.74) is -0.222. The molecule has 6 nitrogen and oxygen atoms in total. The molecule has 0 aliphatic carbocycles. The first kappa shape index (κ1) is 24.7. The number of hydrogen-bond acceptors (Lipinski definition) is 3. The average Bonchev–Trinajstić information content (AvgIpc) is 2.60. The minimum atomic E-state index is -1.04. The fourth-order valence-electron chi connectivity index (χ4n) is 2.21. The van der Waals surface area contributed by atoms with Gasteiger partial charge in [0, 0.05) is 25.6 Å². The van der Waals surface area contributed by atoms with Crippen LogP contribution >= 0.6 is 24.0 Å². The summed E-state index contributed by atoms with van der Waals surface area (Å²) in [7, 11) is 0. The molecule has 4 N–H and O–H groups in total. The van der Waals surface area contributed by atoms with Crippen LogP contribution in [0.1, 0.15) is 46.1 Å². The number of carbonyl (C=O) groups is 1. The second kappa shape index (κ2) is 12.9. The molecule has 0 aromatic heterocycles. The lowest BCUT2D eigenvalue weighted by molar-refractivity contribution is -0.121. The molecule has 7 heteroatoms. The summed E-state index contributed by atoms with van der Waals surface area (Å²) >= 11 is 0. The van der Waals surface area contributed by atoms with Gasteiger partial charge in [0.1, 0.15) is 5.60 Å². The van der Waals surface area contributed by atoms with Gasteiger partial charge in [0.25, 0.3) is 0 Å². The molecule has 0 fully saturated rings. The van der Waals surface area contributed by atoms with Crippen LogP contribution in [0.3, 0.4) is 0 Å². The number of aliphatic hydroxyl groups is 1. The Morgan fingerprint density at radius 1 is 1.23 bits per heavy atom. The van der Waals surface area contributed by atoms with E-state index in [2.05, 4.69) is 20.9 Å². The van der Waals surface area contributed by atoms with Crippen LogP contribution in [0.2, 0.25) is 0 Å². The molecule has 1 amide bonds. The van der Waals surface area contributed by atoms with Gasteiger partial charge in [-0.2, -0.15) is 0 Å². The number of aliphatic imine (C=N–C) groups is 1. The highest BCUT2D eigenvalue weighted by molar-refractivity contribution is 14.0. The monoisotopic (exact) mass is 476 g/mol. The summed E-state index contributed by atoms with van der Waals surface area (Å²) in [6, 6.07) is 9.67. The van der Waals surface area contributed by atoms with Crippen LogP contribution in [-0.2, 0) is 10.4 Å². The second-order valence-corrected chi connectivity index (χ2v) is 6.39. The van der Waals surface area contributed by atoms with Crippen molar-refractivity contribution in [3.05, 3.63) is 35.9 Å². The van der Waals surface area contributed by atoms with Crippen molar-refractivity contribution in [3.63, 3.8) is 0 Å². The molecule has 0 aliphatic heterocycles. The number of halogens is 1. The van der Waals surface area contributed by atoms with Crippen LogP contribution in [0, 0.1) is 0 Å². The number of carbonyl (C=O) groups excluding carboxylic acids is 1. The van der Waals surface area contributed by atoms with Gasteiger partial charge in [0.15, 0.2) is 5.96 Å². The van der Waals surface area contributed by atoms with Crippen molar-refractivity contribution in [2.45, 2.75) is 52.2 Å². The summed E-state index contributed by atoms with van der Waals surface area (Å²) in [6.45, 7) is 9.17. The van der Waals surface area contributed by atoms with Crippen LogP contribution in [-0.4, -0.2) is 42.6 Å². The van der Waals surface area contributed by atoms with Gasteiger partial charge in [-0.3, -0.25) is 4.79 Å². The number of hydrogen-bond donors (Lipinski definition) is 4. The molecule has 0 radical (unpaired) electrons. The van der Waals surface area contributed by atoms with Gasteiger partial charge >= 0.3 is 0 Å². The average molecular weight is 476 g/mol. The van der Waals surface area contributed by atoms with Gasteiger partial charge < -0.3 is 21.1 Å². The summed E-state index contributed by atoms with van der Waals surface area (Å²) in [5.74, 6) is 0.615. The van der Waals surface area contributed by atoms with Gasteiger partial charge in [-0.15, -0.1) is 24.0 Å². The van der Waals surface area contributed by atoms with E-state index in [9.17, 15) is 9.90 Å². The Morgan fingerprint density at radius 3 is 2.46 bits per heavy atom. The molecule has 26 heavy (non-hydrogen) atoms. The maximum Gasteiger partial charge on any atom is 0.221 e. The van der Waals surface area contributed by atoms with Gasteiger partial charge in [-0.05, 0) is 32.8 Å². The van der Waals surface area contributed by atoms with E-state index in [1.165, 1.54) is 0 Å². The molecule has 1 rings (SSSR count). The van der Waals surface area contributed by atoms with Crippen LogP contribution in [0.15, 0.2) is 35.3 Å². The molecule has 0 aliphatic rings. The first-order chi connectivity index (χ1) is 11.9. The van der Waals surface area contributed by atoms with E-state index in [-0.39, 0.29) is 42.5 Å². The number of amides is 1. The summed E-state index contributed by atoms with van der Waals surface area (Å²) < 4.78 is 0. The zero-order chi connectivity index (χ0) is 18.7. The summed E-state index contributed by atoms with van der Waals surface area (Å²) in [5, 5.41) is 19.8.